The van der Waals surface area contributed by atoms with Gasteiger partial charge in [-0.15, -0.1) is 0 Å². The van der Waals surface area contributed by atoms with Crippen molar-refractivity contribution in [3.05, 3.63) is 23.9 Å². The van der Waals surface area contributed by atoms with Crippen molar-refractivity contribution in [2.45, 2.75) is 89.0 Å². The third-order valence-electron chi connectivity index (χ3n) is 9.23. The van der Waals surface area contributed by atoms with Gasteiger partial charge in [0.05, 0.1) is 51.1 Å². The number of hydrogen-bond acceptors (Lipinski definition) is 9. The fraction of sp³-hybridized carbons (Fsp3) is 0.688. The number of benzene rings is 1. The van der Waals surface area contributed by atoms with Gasteiger partial charge in [0.15, 0.2) is 5.69 Å². The summed E-state index contributed by atoms with van der Waals surface area (Å²) in [4.78, 5) is 37.2. The molecule has 14 heteroatoms. The lowest BCUT2D eigenvalue weighted by molar-refractivity contribution is -0.136. The first-order valence-electron chi connectivity index (χ1n) is 15.9. The molecule has 2 fully saturated rings. The van der Waals surface area contributed by atoms with Crippen LogP contribution in [-0.4, -0.2) is 91.2 Å². The van der Waals surface area contributed by atoms with Crippen LogP contribution in [0.3, 0.4) is 0 Å². The number of ether oxygens (including phenoxy) is 4. The molecular formula is C32H46F3N5O6. The summed E-state index contributed by atoms with van der Waals surface area (Å²) in [6, 6.07) is 3.56. The van der Waals surface area contributed by atoms with Gasteiger partial charge in [0.2, 0.25) is 11.8 Å². The van der Waals surface area contributed by atoms with E-state index < -0.39 is 47.9 Å². The summed E-state index contributed by atoms with van der Waals surface area (Å²) in [7, 11) is 2.01. The van der Waals surface area contributed by atoms with Crippen molar-refractivity contribution < 1.29 is 41.7 Å². The number of halogens is 3. The lowest BCUT2D eigenvalue weighted by atomic mass is 10.0. The van der Waals surface area contributed by atoms with E-state index in [1.165, 1.54) is 7.11 Å². The first-order chi connectivity index (χ1) is 22.0. The van der Waals surface area contributed by atoms with E-state index in [4.69, 9.17) is 24.7 Å². The van der Waals surface area contributed by atoms with Crippen molar-refractivity contribution in [3.63, 3.8) is 0 Å². The second-order valence-corrected chi connectivity index (χ2v) is 12.3. The molecule has 0 unspecified atom stereocenters. The van der Waals surface area contributed by atoms with Crippen LogP contribution in [0.5, 0.6) is 11.6 Å². The number of nitrogens with two attached hydrogens (primary N) is 1. The summed E-state index contributed by atoms with van der Waals surface area (Å²) >= 11 is 0. The number of fused-ring (bicyclic) bond motifs is 5. The van der Waals surface area contributed by atoms with Crippen molar-refractivity contribution in [2.24, 2.45) is 17.6 Å². The van der Waals surface area contributed by atoms with E-state index in [0.29, 0.717) is 56.2 Å². The van der Waals surface area contributed by atoms with Crippen LogP contribution in [0.15, 0.2) is 18.2 Å². The minimum atomic E-state index is -3.32. The van der Waals surface area contributed by atoms with Gasteiger partial charge in [-0.05, 0) is 44.7 Å². The summed E-state index contributed by atoms with van der Waals surface area (Å²) in [5, 5.41) is 2.76. The maximum absolute atomic E-state index is 15.9. The minimum Gasteiger partial charge on any atom is -0.497 e. The van der Waals surface area contributed by atoms with Crippen molar-refractivity contribution in [1.29, 1.82) is 0 Å². The van der Waals surface area contributed by atoms with Crippen LogP contribution < -0.4 is 20.5 Å². The van der Waals surface area contributed by atoms with E-state index in [9.17, 15) is 14.0 Å². The summed E-state index contributed by atoms with van der Waals surface area (Å²) in [5.74, 6) is -3.69. The van der Waals surface area contributed by atoms with Gasteiger partial charge in [-0.25, -0.2) is 14.8 Å². The van der Waals surface area contributed by atoms with Gasteiger partial charge in [0.1, 0.15) is 23.5 Å². The Morgan fingerprint density at radius 2 is 1.93 bits per heavy atom. The van der Waals surface area contributed by atoms with E-state index in [2.05, 4.69) is 15.3 Å². The Bertz CT molecular complexity index is 1370. The standard InChI is InChI=1S/C31H43F2N5O6.CH3F/c1-5-21-28(39)38-16-25(18(2)24(38)17-42-13-12-34)43-27-26(35-22-10-9-20(41-4)14-23(22)36-27)31(32,33)11-7-6-8-19-15-30(19,3)44-29(40)37-21;1-2/h9-10,14,18-19,21,24-25H,5-8,11-13,15-17,34H2,1-4H3,(H,37,40);1H3/t18-,19+,21-,24+,25-,30+;/m0./s1. The Labute approximate surface area is 267 Å². The zero-order valence-corrected chi connectivity index (χ0v) is 27.2. The first kappa shape index (κ1) is 35.5. The molecule has 2 bridgehead atoms. The lowest BCUT2D eigenvalue weighted by Gasteiger charge is -2.30. The molecular weight excluding hydrogens is 607 g/mol. The van der Waals surface area contributed by atoms with Crippen LogP contribution in [0.2, 0.25) is 0 Å². The maximum atomic E-state index is 15.9. The minimum absolute atomic E-state index is 0.0649. The van der Waals surface area contributed by atoms with Gasteiger partial charge < -0.3 is 34.9 Å². The van der Waals surface area contributed by atoms with Gasteiger partial charge in [-0.1, -0.05) is 20.3 Å². The van der Waals surface area contributed by atoms with Crippen LogP contribution in [0.4, 0.5) is 18.0 Å². The number of carbonyl (C=O) groups is 2. The highest BCUT2D eigenvalue weighted by Gasteiger charge is 2.54. The molecule has 3 N–H and O–H groups in total. The number of carbonyl (C=O) groups excluding carboxylic acids is 2. The molecule has 3 aliphatic rings. The molecule has 11 nitrogen and oxygen atoms in total. The Balaban J connectivity index is 0.00000235. The zero-order valence-electron chi connectivity index (χ0n) is 27.2. The maximum Gasteiger partial charge on any atom is 0.408 e. The van der Waals surface area contributed by atoms with Gasteiger partial charge in [0.25, 0.3) is 5.92 Å². The molecule has 2 aromatic rings. The molecule has 5 rings (SSSR count). The third-order valence-corrected chi connectivity index (χ3v) is 9.23. The molecule has 1 aromatic carbocycles. The SMILES string of the molecule is CC[C@@H]1NC(=O)O[C@]2(C)C[C@H]2CCCCC(F)(F)c2nc3ccc(OC)cc3nc2O[C@H]2CN(C1=O)[C@H](COCCN)[C@@H]2C.CF. The molecule has 2 aliphatic heterocycles. The van der Waals surface area contributed by atoms with Crippen LogP contribution in [0.1, 0.15) is 65.0 Å². The highest BCUT2D eigenvalue weighted by atomic mass is 19.3. The number of nitrogens with one attached hydrogen (secondary N) is 1. The Kier molecular flexibility index (Phi) is 11.6. The van der Waals surface area contributed by atoms with Crippen LogP contribution in [0, 0.1) is 11.8 Å². The van der Waals surface area contributed by atoms with E-state index in [1.807, 2.05) is 13.8 Å². The smallest absolute Gasteiger partial charge is 0.408 e. The zero-order chi connectivity index (χ0) is 33.6. The molecule has 1 aromatic heterocycles. The number of nitrogens with zero attached hydrogens (tertiary/aromatic N) is 3. The lowest BCUT2D eigenvalue weighted by Crippen LogP contribution is -2.52. The van der Waals surface area contributed by atoms with Crippen molar-refractivity contribution in [2.75, 3.05) is 40.6 Å². The van der Waals surface area contributed by atoms with E-state index in [-0.39, 0.29) is 49.8 Å². The van der Waals surface area contributed by atoms with Crippen molar-refractivity contribution in [1.82, 2.24) is 20.2 Å². The Morgan fingerprint density at radius 1 is 1.17 bits per heavy atom. The number of alkyl carbamates (subject to hydrolysis) is 1. The quantitative estimate of drug-likeness (QED) is 0.424. The Morgan fingerprint density at radius 3 is 2.63 bits per heavy atom. The predicted octanol–water partition coefficient (Wildman–Crippen LogP) is 4.74. The number of aromatic nitrogens is 2. The summed E-state index contributed by atoms with van der Waals surface area (Å²) in [6.45, 7) is 6.34. The number of alkyl halides is 3. The number of methoxy groups -OCH3 is 1. The van der Waals surface area contributed by atoms with E-state index in [0.717, 1.165) is 0 Å². The molecule has 256 valence electrons. The van der Waals surface area contributed by atoms with Crippen molar-refractivity contribution >= 4 is 23.0 Å². The molecule has 0 radical (unpaired) electrons. The average Bonchev–Trinajstić information content (AvgIpc) is 3.58. The largest absolute Gasteiger partial charge is 0.497 e. The topological polar surface area (TPSA) is 138 Å². The fourth-order valence-corrected chi connectivity index (χ4v) is 6.30. The molecule has 0 spiro atoms. The molecule has 1 saturated carbocycles. The summed E-state index contributed by atoms with van der Waals surface area (Å²) < 4.78 is 64.5. The third kappa shape index (κ3) is 7.76. The van der Waals surface area contributed by atoms with Crippen molar-refractivity contribution in [3.8, 4) is 11.6 Å². The van der Waals surface area contributed by atoms with Gasteiger partial charge in [-0.2, -0.15) is 8.78 Å². The molecule has 1 aliphatic carbocycles. The fourth-order valence-electron chi connectivity index (χ4n) is 6.30. The summed E-state index contributed by atoms with van der Waals surface area (Å²) in [5.41, 5.74) is 5.07. The van der Waals surface area contributed by atoms with E-state index in [1.54, 1.807) is 30.0 Å². The average molecular weight is 654 g/mol. The highest BCUT2D eigenvalue weighted by Crippen LogP contribution is 2.50. The molecule has 2 amide bonds. The Hall–Kier alpha value is -3.39. The van der Waals surface area contributed by atoms with Gasteiger partial charge in [-0.3, -0.25) is 9.18 Å². The molecule has 3 heterocycles. The second kappa shape index (κ2) is 15.0. The number of hydrogen-bond donors (Lipinski definition) is 2. The van der Waals surface area contributed by atoms with Gasteiger partial charge in [0, 0.05) is 30.9 Å². The molecule has 46 heavy (non-hydrogen) atoms. The normalized spacial score (nSPS) is 29.5. The second-order valence-electron chi connectivity index (χ2n) is 12.3. The van der Waals surface area contributed by atoms with Gasteiger partial charge >= 0.3 is 6.09 Å². The van der Waals surface area contributed by atoms with Crippen LogP contribution in [-0.2, 0) is 20.2 Å². The number of amides is 2. The monoisotopic (exact) mass is 653 g/mol. The first-order valence-corrected chi connectivity index (χ1v) is 15.9. The van der Waals surface area contributed by atoms with E-state index >= 15 is 8.78 Å². The summed E-state index contributed by atoms with van der Waals surface area (Å²) in [6.07, 6.45) is 0.583. The van der Waals surface area contributed by atoms with Crippen LogP contribution in [0.25, 0.3) is 11.0 Å². The number of rotatable bonds is 6. The van der Waals surface area contributed by atoms with Crippen LogP contribution >= 0.6 is 0 Å². The molecule has 6 atom stereocenters. The predicted molar refractivity (Wildman–Crippen MR) is 165 cm³/mol. The molecule has 1 saturated heterocycles. The highest BCUT2D eigenvalue weighted by molar-refractivity contribution is 5.86.